The van der Waals surface area contributed by atoms with Gasteiger partial charge in [-0.15, -0.1) is 22.7 Å². The lowest BCUT2D eigenvalue weighted by Gasteiger charge is -2.23. The molecule has 2 aromatic heterocycles. The SMILES string of the molecule is CC1(C)c2cc(-c3ccc4sc5c6sc7ccccc7c6c6ccccc6c5c4c3)ccc2-c2ccc(-c3c4ccccc4c(-c4ccccc4)c4ccccc34)cc21. The van der Waals surface area contributed by atoms with Crippen molar-refractivity contribution in [3.8, 4) is 44.5 Å². The molecule has 2 heteroatoms. The highest BCUT2D eigenvalue weighted by molar-refractivity contribution is 7.33. The Morgan fingerprint density at radius 2 is 0.746 bits per heavy atom. The highest BCUT2D eigenvalue weighted by Crippen LogP contribution is 2.53. The summed E-state index contributed by atoms with van der Waals surface area (Å²) in [6.45, 7) is 4.83. The van der Waals surface area contributed by atoms with Gasteiger partial charge in [0.05, 0.1) is 9.40 Å². The van der Waals surface area contributed by atoms with Crippen molar-refractivity contribution in [3.05, 3.63) is 193 Å². The zero-order valence-corrected chi connectivity index (χ0v) is 34.3. The van der Waals surface area contributed by atoms with Crippen LogP contribution in [0.2, 0.25) is 0 Å². The Morgan fingerprint density at radius 3 is 1.36 bits per heavy atom. The number of thiophene rings is 2. The Bertz CT molecular complexity index is 3690. The van der Waals surface area contributed by atoms with Crippen LogP contribution in [0, 0.1) is 0 Å². The zero-order chi connectivity index (χ0) is 39.0. The first-order valence-corrected chi connectivity index (χ1v) is 22.1. The van der Waals surface area contributed by atoms with Crippen molar-refractivity contribution in [1.29, 1.82) is 0 Å². The largest absolute Gasteiger partial charge is 0.134 e. The van der Waals surface area contributed by atoms with Crippen LogP contribution in [0.15, 0.2) is 182 Å². The molecule has 0 nitrogen and oxygen atoms in total. The standard InChI is InChI=1S/C57H36S2/c1-57(2)47-31-35(34-26-29-50-46(30-34)54-44-21-11-10-20-43(44)53-45-22-12-13-23-49(45)58-55(53)56(54)59-50)24-27-37(47)38-28-25-36(32-48(38)57)52-41-18-8-6-16-39(41)51(33-14-4-3-5-15-33)40-17-7-9-19-42(40)52/h3-32H,1-2H3. The fourth-order valence-electron chi connectivity index (χ4n) is 10.5. The lowest BCUT2D eigenvalue weighted by molar-refractivity contribution is 0.661. The van der Waals surface area contributed by atoms with E-state index in [-0.39, 0.29) is 5.41 Å². The molecule has 0 fully saturated rings. The molecule has 276 valence electrons. The average Bonchev–Trinajstić information content (AvgIpc) is 3.94. The van der Waals surface area contributed by atoms with Gasteiger partial charge in [-0.25, -0.2) is 0 Å². The maximum Gasteiger partial charge on any atom is 0.0540 e. The molecule has 0 spiro atoms. The number of benzene rings is 10. The molecule has 59 heavy (non-hydrogen) atoms. The van der Waals surface area contributed by atoms with E-state index in [2.05, 4.69) is 196 Å². The molecule has 12 aromatic rings. The van der Waals surface area contributed by atoms with Gasteiger partial charge in [-0.1, -0.05) is 166 Å². The summed E-state index contributed by atoms with van der Waals surface area (Å²) in [6, 6.07) is 68.4. The number of rotatable bonds is 3. The van der Waals surface area contributed by atoms with Gasteiger partial charge in [0.1, 0.15) is 0 Å². The van der Waals surface area contributed by atoms with Crippen molar-refractivity contribution in [2.24, 2.45) is 0 Å². The van der Waals surface area contributed by atoms with Gasteiger partial charge in [-0.3, -0.25) is 0 Å². The smallest absolute Gasteiger partial charge is 0.0540 e. The molecule has 0 amide bonds. The van der Waals surface area contributed by atoms with E-state index in [0.29, 0.717) is 0 Å². The summed E-state index contributed by atoms with van der Waals surface area (Å²) in [5.41, 5.74) is 13.0. The van der Waals surface area contributed by atoms with Gasteiger partial charge in [-0.2, -0.15) is 0 Å². The van der Waals surface area contributed by atoms with E-state index in [9.17, 15) is 0 Å². The van der Waals surface area contributed by atoms with E-state index in [4.69, 9.17) is 0 Å². The summed E-state index contributed by atoms with van der Waals surface area (Å²) in [5, 5.41) is 13.3. The van der Waals surface area contributed by atoms with Gasteiger partial charge < -0.3 is 0 Å². The second-order valence-electron chi connectivity index (χ2n) is 16.7. The van der Waals surface area contributed by atoms with E-state index in [1.54, 1.807) is 0 Å². The molecule has 0 atom stereocenters. The Hall–Kier alpha value is -6.58. The third kappa shape index (κ3) is 4.65. The van der Waals surface area contributed by atoms with Gasteiger partial charge in [0.2, 0.25) is 0 Å². The zero-order valence-electron chi connectivity index (χ0n) is 32.6. The van der Waals surface area contributed by atoms with Gasteiger partial charge in [0, 0.05) is 36.4 Å². The first-order chi connectivity index (χ1) is 29.0. The normalized spacial score (nSPS) is 13.4. The van der Waals surface area contributed by atoms with E-state index < -0.39 is 0 Å². The van der Waals surface area contributed by atoms with Crippen LogP contribution < -0.4 is 0 Å². The molecular weight excluding hydrogens is 749 g/mol. The molecule has 0 radical (unpaired) electrons. The van der Waals surface area contributed by atoms with Crippen LogP contribution in [0.4, 0.5) is 0 Å². The monoisotopic (exact) mass is 784 g/mol. The quantitative estimate of drug-likeness (QED) is 0.157. The van der Waals surface area contributed by atoms with Gasteiger partial charge in [0.25, 0.3) is 0 Å². The fraction of sp³-hybridized carbons (Fsp3) is 0.0526. The molecular formula is C57H36S2. The predicted molar refractivity (Wildman–Crippen MR) is 259 cm³/mol. The number of fused-ring (bicyclic) bond motifs is 15. The summed E-state index contributed by atoms with van der Waals surface area (Å²) < 4.78 is 5.52. The second kappa shape index (κ2) is 12.2. The minimum Gasteiger partial charge on any atom is -0.134 e. The minimum atomic E-state index is -0.172. The lowest BCUT2D eigenvalue weighted by Crippen LogP contribution is -2.15. The molecule has 0 bridgehead atoms. The van der Waals surface area contributed by atoms with Crippen LogP contribution in [0.5, 0.6) is 0 Å². The minimum absolute atomic E-state index is 0.172. The highest BCUT2D eigenvalue weighted by Gasteiger charge is 2.36. The summed E-state index contributed by atoms with van der Waals surface area (Å²) in [6.07, 6.45) is 0. The summed E-state index contributed by atoms with van der Waals surface area (Å²) in [7, 11) is 0. The Morgan fingerprint density at radius 1 is 0.322 bits per heavy atom. The van der Waals surface area contributed by atoms with Crippen molar-refractivity contribution in [2.45, 2.75) is 19.3 Å². The van der Waals surface area contributed by atoms with Crippen molar-refractivity contribution in [3.63, 3.8) is 0 Å². The second-order valence-corrected chi connectivity index (χ2v) is 18.8. The topological polar surface area (TPSA) is 0 Å². The molecule has 1 aliphatic carbocycles. The van der Waals surface area contributed by atoms with Crippen molar-refractivity contribution >= 4 is 95.3 Å². The average molecular weight is 785 g/mol. The predicted octanol–water partition coefficient (Wildman–Crippen LogP) is 17.2. The van der Waals surface area contributed by atoms with E-state index in [0.717, 1.165) is 0 Å². The molecule has 0 unspecified atom stereocenters. The lowest BCUT2D eigenvalue weighted by atomic mass is 9.80. The van der Waals surface area contributed by atoms with Crippen LogP contribution in [0.1, 0.15) is 25.0 Å². The molecule has 0 aliphatic heterocycles. The first kappa shape index (κ1) is 33.4. The number of hydrogen-bond acceptors (Lipinski definition) is 2. The summed E-state index contributed by atoms with van der Waals surface area (Å²) in [5.74, 6) is 0. The van der Waals surface area contributed by atoms with Crippen LogP contribution in [0.25, 0.3) is 117 Å². The third-order valence-electron chi connectivity index (χ3n) is 13.2. The van der Waals surface area contributed by atoms with Gasteiger partial charge in [0.15, 0.2) is 0 Å². The van der Waals surface area contributed by atoms with Gasteiger partial charge >= 0.3 is 0 Å². The number of hydrogen-bond donors (Lipinski definition) is 0. The summed E-state index contributed by atoms with van der Waals surface area (Å²) in [4.78, 5) is 0. The fourth-order valence-corrected chi connectivity index (χ4v) is 13.1. The molecule has 10 aromatic carbocycles. The Kier molecular flexibility index (Phi) is 6.92. The van der Waals surface area contributed by atoms with Crippen molar-refractivity contribution in [1.82, 2.24) is 0 Å². The first-order valence-electron chi connectivity index (χ1n) is 20.5. The molecule has 0 N–H and O–H groups in total. The Balaban J connectivity index is 0.961. The van der Waals surface area contributed by atoms with Gasteiger partial charge in [-0.05, 0) is 118 Å². The summed E-state index contributed by atoms with van der Waals surface area (Å²) >= 11 is 3.89. The van der Waals surface area contributed by atoms with E-state index in [1.165, 1.54) is 128 Å². The molecule has 2 heterocycles. The maximum absolute atomic E-state index is 2.49. The third-order valence-corrected chi connectivity index (χ3v) is 15.8. The molecule has 1 aliphatic rings. The highest BCUT2D eigenvalue weighted by atomic mass is 32.1. The van der Waals surface area contributed by atoms with E-state index in [1.807, 2.05) is 22.7 Å². The van der Waals surface area contributed by atoms with E-state index >= 15 is 0 Å². The van der Waals surface area contributed by atoms with Crippen LogP contribution in [-0.2, 0) is 5.41 Å². The molecule has 0 saturated heterocycles. The van der Waals surface area contributed by atoms with Crippen LogP contribution in [-0.4, -0.2) is 0 Å². The van der Waals surface area contributed by atoms with Crippen LogP contribution >= 0.6 is 22.7 Å². The van der Waals surface area contributed by atoms with Crippen molar-refractivity contribution < 1.29 is 0 Å². The maximum atomic E-state index is 2.49. The Labute approximate surface area is 350 Å². The molecule has 0 saturated carbocycles. The molecule has 13 rings (SSSR count). The van der Waals surface area contributed by atoms with Crippen molar-refractivity contribution in [2.75, 3.05) is 0 Å². The van der Waals surface area contributed by atoms with Crippen LogP contribution in [0.3, 0.4) is 0 Å².